The molecule has 3 saturated heterocycles. The van der Waals surface area contributed by atoms with Gasteiger partial charge in [-0.2, -0.15) is 0 Å². The molecule has 3 fully saturated rings. The Morgan fingerprint density at radius 3 is 2.18 bits per heavy atom. The number of rotatable bonds is 7. The molecule has 4 heterocycles. The van der Waals surface area contributed by atoms with Crippen molar-refractivity contribution < 1.29 is 82.3 Å². The van der Waals surface area contributed by atoms with E-state index in [-0.39, 0.29) is 48.7 Å². The number of hydrogen-bond acceptors (Lipinski definition) is 17. The zero-order chi connectivity index (χ0) is 39.1. The van der Waals surface area contributed by atoms with Crippen LogP contribution >= 0.6 is 0 Å². The minimum atomic E-state index is -1.45. The van der Waals surface area contributed by atoms with E-state index in [1.165, 1.54) is 26.4 Å². The second-order valence-electron chi connectivity index (χ2n) is 13.1. The summed E-state index contributed by atoms with van der Waals surface area (Å²) in [5.74, 6) is -0.971. The van der Waals surface area contributed by atoms with Crippen LogP contribution in [0.3, 0.4) is 0 Å². The molecule has 2 unspecified atom stereocenters. The SMILES string of the molecule is COc1cc([C@@H]2c3cc4c(cc3C(O[C@@H]3O[C@@H]5CO[C@@H](C)O[C@H]5[C@H](O)[C@H]3O)C3COC(=O)[C@@H]32)OCO4)cc(OC)c1O.O=C(O)Oc1ccc([N+](=O)[O-])cc1. The van der Waals surface area contributed by atoms with E-state index in [4.69, 9.17) is 47.7 Å². The number of aliphatic hydroxyl groups excluding tert-OH is 2. The van der Waals surface area contributed by atoms with E-state index in [0.717, 1.165) is 12.1 Å². The lowest BCUT2D eigenvalue weighted by molar-refractivity contribution is -0.384. The first kappa shape index (κ1) is 37.9. The highest BCUT2D eigenvalue weighted by Crippen LogP contribution is 2.57. The molecule has 0 radical (unpaired) electrons. The summed E-state index contributed by atoms with van der Waals surface area (Å²) in [6, 6.07) is 11.7. The van der Waals surface area contributed by atoms with Crippen LogP contribution in [-0.2, 0) is 28.5 Å². The normalized spacial score (nSPS) is 30.0. The standard InChI is InChI=1S/C29H32O13.C7H5NO5/c1-11-36-9-20-27(40-11)24(31)25(32)29(41-20)42-26-14-7-17-16(38-10-39-17)6-13(14)21(22-15(26)8-37-28(22)33)12-4-18(34-2)23(30)19(5-12)35-3;9-7(10)13-6-3-1-5(2-4-6)8(11)12/h4-7,11,15,20-22,24-27,29-32H,8-10H2,1-3H3;1-4H,(H,9,10)/t11-,15?,20-,21-,22+,24-,25-,26?,27-,29+;/m1./s1. The summed E-state index contributed by atoms with van der Waals surface area (Å²) in [5, 5.41) is 50.9. The van der Waals surface area contributed by atoms with Crippen LogP contribution < -0.4 is 23.7 Å². The second kappa shape index (κ2) is 15.4. The van der Waals surface area contributed by atoms with Gasteiger partial charge in [-0.05, 0) is 60.0 Å². The number of non-ortho nitro benzene ring substituents is 1. The van der Waals surface area contributed by atoms with E-state index in [0.29, 0.717) is 28.2 Å². The lowest BCUT2D eigenvalue weighted by Crippen LogP contribution is -2.63. The summed E-state index contributed by atoms with van der Waals surface area (Å²) in [7, 11) is 2.86. The number of carbonyl (C=O) groups excluding carboxylic acids is 1. The van der Waals surface area contributed by atoms with Crippen molar-refractivity contribution in [3.05, 3.63) is 75.3 Å². The summed E-state index contributed by atoms with van der Waals surface area (Å²) in [5.41, 5.74) is 1.90. The predicted octanol–water partition coefficient (Wildman–Crippen LogP) is 2.99. The van der Waals surface area contributed by atoms with Crippen LogP contribution in [0.25, 0.3) is 0 Å². The predicted molar refractivity (Wildman–Crippen MR) is 180 cm³/mol. The number of aliphatic hydroxyl groups is 2. The average molecular weight is 772 g/mol. The fraction of sp³-hybridized carbons (Fsp3) is 0.444. The highest BCUT2D eigenvalue weighted by atomic mass is 16.8. The van der Waals surface area contributed by atoms with Crippen molar-refractivity contribution in [2.24, 2.45) is 11.8 Å². The van der Waals surface area contributed by atoms with Crippen molar-refractivity contribution in [2.75, 3.05) is 34.2 Å². The van der Waals surface area contributed by atoms with Crippen molar-refractivity contribution in [2.45, 2.75) is 55.9 Å². The first-order chi connectivity index (χ1) is 26.4. The van der Waals surface area contributed by atoms with Gasteiger partial charge < -0.3 is 67.8 Å². The molecule has 294 valence electrons. The number of esters is 1. The number of nitro groups is 1. The molecule has 55 heavy (non-hydrogen) atoms. The quantitative estimate of drug-likeness (QED) is 0.117. The molecule has 4 N–H and O–H groups in total. The molecule has 0 aromatic heterocycles. The van der Waals surface area contributed by atoms with Gasteiger partial charge in [-0.15, -0.1) is 0 Å². The molecule has 8 rings (SSSR count). The Labute approximate surface area is 311 Å². The molecular weight excluding hydrogens is 734 g/mol. The van der Waals surface area contributed by atoms with Crippen molar-refractivity contribution in [1.29, 1.82) is 0 Å². The van der Waals surface area contributed by atoms with Gasteiger partial charge in [0.2, 0.25) is 12.5 Å². The van der Waals surface area contributed by atoms with E-state index in [1.807, 2.05) is 0 Å². The van der Waals surface area contributed by atoms with E-state index in [1.54, 1.807) is 31.2 Å². The second-order valence-corrected chi connectivity index (χ2v) is 13.1. The monoisotopic (exact) mass is 771 g/mol. The highest BCUT2D eigenvalue weighted by molar-refractivity contribution is 5.79. The Kier molecular flexibility index (Phi) is 10.6. The number of benzene rings is 3. The molecule has 5 aliphatic rings. The van der Waals surface area contributed by atoms with Gasteiger partial charge in [-0.3, -0.25) is 14.9 Å². The maximum Gasteiger partial charge on any atom is 0.511 e. The van der Waals surface area contributed by atoms with Crippen molar-refractivity contribution in [3.8, 4) is 34.5 Å². The number of carboxylic acid groups (broad SMARTS) is 1. The van der Waals surface area contributed by atoms with E-state index >= 15 is 0 Å². The van der Waals surface area contributed by atoms with Gasteiger partial charge in [-0.1, -0.05) is 0 Å². The number of cyclic esters (lactones) is 1. The number of nitrogens with zero attached hydrogens (tertiary/aromatic N) is 1. The molecule has 10 atom stereocenters. The molecule has 3 aromatic rings. The number of phenolic OH excluding ortho intramolecular Hbond substituents is 1. The fourth-order valence-corrected chi connectivity index (χ4v) is 7.47. The molecule has 0 spiro atoms. The van der Waals surface area contributed by atoms with Gasteiger partial charge in [0.05, 0.1) is 44.4 Å². The number of hydrogen-bond donors (Lipinski definition) is 4. The van der Waals surface area contributed by atoms with Gasteiger partial charge in [0.25, 0.3) is 5.69 Å². The molecule has 4 aliphatic heterocycles. The van der Waals surface area contributed by atoms with Gasteiger partial charge >= 0.3 is 12.1 Å². The number of aromatic hydroxyl groups is 1. The maximum atomic E-state index is 13.4. The number of nitro benzene ring substituents is 1. The number of fused-ring (bicyclic) bond motifs is 4. The third-order valence-electron chi connectivity index (χ3n) is 10.00. The zero-order valence-electron chi connectivity index (χ0n) is 29.5. The minimum absolute atomic E-state index is 0.0301. The molecule has 19 nitrogen and oxygen atoms in total. The summed E-state index contributed by atoms with van der Waals surface area (Å²) in [6.07, 6.45) is -8.25. The van der Waals surface area contributed by atoms with E-state index < -0.39 is 77.9 Å². The Hall–Kier alpha value is -5.44. The highest BCUT2D eigenvalue weighted by Gasteiger charge is 2.56. The van der Waals surface area contributed by atoms with Crippen LogP contribution in [0.1, 0.15) is 35.6 Å². The maximum absolute atomic E-state index is 13.4. The van der Waals surface area contributed by atoms with Crippen molar-refractivity contribution >= 4 is 17.8 Å². The van der Waals surface area contributed by atoms with Gasteiger partial charge in [-0.25, -0.2) is 4.79 Å². The Balaban J connectivity index is 0.000000305. The lowest BCUT2D eigenvalue weighted by Gasteiger charge is -2.47. The largest absolute Gasteiger partial charge is 0.511 e. The first-order valence-electron chi connectivity index (χ1n) is 17.0. The van der Waals surface area contributed by atoms with Gasteiger partial charge in [0.1, 0.15) is 30.2 Å². The number of ether oxygens (including phenoxy) is 10. The van der Waals surface area contributed by atoms with Crippen LogP contribution in [0.15, 0.2) is 48.5 Å². The van der Waals surface area contributed by atoms with Crippen molar-refractivity contribution in [3.63, 3.8) is 0 Å². The number of phenols is 1. The summed E-state index contributed by atoms with van der Waals surface area (Å²) in [4.78, 5) is 33.0. The molecule has 3 aromatic carbocycles. The molecule has 0 saturated carbocycles. The zero-order valence-corrected chi connectivity index (χ0v) is 29.5. The summed E-state index contributed by atoms with van der Waals surface area (Å²) >= 11 is 0. The summed E-state index contributed by atoms with van der Waals surface area (Å²) in [6.45, 7) is 1.93. The average Bonchev–Trinajstić information content (AvgIpc) is 3.79. The van der Waals surface area contributed by atoms with Crippen LogP contribution in [0, 0.1) is 22.0 Å². The minimum Gasteiger partial charge on any atom is -0.502 e. The summed E-state index contributed by atoms with van der Waals surface area (Å²) < 4.78 is 55.8. The van der Waals surface area contributed by atoms with Crippen LogP contribution in [0.4, 0.5) is 10.5 Å². The fourth-order valence-electron chi connectivity index (χ4n) is 7.47. The van der Waals surface area contributed by atoms with Gasteiger partial charge in [0, 0.05) is 24.0 Å². The van der Waals surface area contributed by atoms with E-state index in [2.05, 4.69) is 4.74 Å². The first-order valence-corrected chi connectivity index (χ1v) is 17.0. The Morgan fingerprint density at radius 1 is 0.909 bits per heavy atom. The van der Waals surface area contributed by atoms with Crippen LogP contribution in [0.2, 0.25) is 0 Å². The van der Waals surface area contributed by atoms with Crippen molar-refractivity contribution in [1.82, 2.24) is 0 Å². The number of carbonyl (C=O) groups is 2. The smallest absolute Gasteiger partial charge is 0.502 e. The van der Waals surface area contributed by atoms with Crippen LogP contribution in [0.5, 0.6) is 34.5 Å². The molecule has 1 aliphatic carbocycles. The third-order valence-corrected chi connectivity index (χ3v) is 10.00. The Bertz CT molecular complexity index is 1910. The lowest BCUT2D eigenvalue weighted by atomic mass is 9.66. The molecule has 0 bridgehead atoms. The van der Waals surface area contributed by atoms with Gasteiger partial charge in [0.15, 0.2) is 35.6 Å². The van der Waals surface area contributed by atoms with E-state index in [9.17, 15) is 35.0 Å². The Morgan fingerprint density at radius 2 is 1.56 bits per heavy atom. The molecule has 0 amide bonds. The molecule has 19 heteroatoms. The molecular formula is C36H37NO18. The third kappa shape index (κ3) is 7.24. The topological polar surface area (TPSA) is 250 Å². The number of methoxy groups -OCH3 is 2. The van der Waals surface area contributed by atoms with Crippen LogP contribution in [-0.4, -0.2) is 109 Å².